The zero-order valence-electron chi connectivity index (χ0n) is 16.0. The Hall–Kier alpha value is -3.09. The standard InChI is InChI=1S/C21H22FNO5/c1-13(20(25)23-16-9-7-15(22)8-10-16)27-18(24)12-26-17-6-4-5-14-11-21(2,3)28-19(14)17/h4-10,13H,11-12H2,1-3H3,(H,23,25)/t13-/m0/s1. The lowest BCUT2D eigenvalue weighted by atomic mass is 10.0. The molecule has 0 fully saturated rings. The van der Waals surface area contributed by atoms with Crippen molar-refractivity contribution < 1.29 is 28.2 Å². The highest BCUT2D eigenvalue weighted by molar-refractivity contribution is 5.95. The average Bonchev–Trinajstić information content (AvgIpc) is 2.96. The number of ether oxygens (including phenoxy) is 3. The second-order valence-electron chi connectivity index (χ2n) is 7.20. The van der Waals surface area contributed by atoms with Crippen molar-refractivity contribution in [2.75, 3.05) is 11.9 Å². The molecular weight excluding hydrogens is 365 g/mol. The molecule has 6 nitrogen and oxygen atoms in total. The highest BCUT2D eigenvalue weighted by Gasteiger charge is 2.32. The first-order valence-electron chi connectivity index (χ1n) is 8.93. The van der Waals surface area contributed by atoms with Crippen LogP contribution in [-0.2, 0) is 20.7 Å². The minimum Gasteiger partial charge on any atom is -0.483 e. The number of carbonyl (C=O) groups excluding carboxylic acids is 2. The minimum absolute atomic E-state index is 0.324. The number of para-hydroxylation sites is 1. The van der Waals surface area contributed by atoms with Crippen LogP contribution in [0, 0.1) is 5.82 Å². The van der Waals surface area contributed by atoms with E-state index in [9.17, 15) is 14.0 Å². The molecule has 1 atom stereocenters. The van der Waals surface area contributed by atoms with Crippen molar-refractivity contribution in [3.63, 3.8) is 0 Å². The molecule has 1 heterocycles. The van der Waals surface area contributed by atoms with E-state index in [0.29, 0.717) is 17.2 Å². The molecule has 0 bridgehead atoms. The molecule has 0 aliphatic carbocycles. The smallest absolute Gasteiger partial charge is 0.344 e. The number of esters is 1. The fraction of sp³-hybridized carbons (Fsp3) is 0.333. The Balaban J connectivity index is 1.51. The van der Waals surface area contributed by atoms with Gasteiger partial charge in [-0.25, -0.2) is 9.18 Å². The number of anilines is 1. The van der Waals surface area contributed by atoms with Gasteiger partial charge in [0.05, 0.1) is 0 Å². The van der Waals surface area contributed by atoms with Crippen molar-refractivity contribution in [1.29, 1.82) is 0 Å². The van der Waals surface area contributed by atoms with Gasteiger partial charge in [0.25, 0.3) is 5.91 Å². The normalized spacial score (nSPS) is 15.1. The number of hydrogen-bond donors (Lipinski definition) is 1. The Bertz CT molecular complexity index is 879. The van der Waals surface area contributed by atoms with E-state index in [-0.39, 0.29) is 12.2 Å². The van der Waals surface area contributed by atoms with Crippen LogP contribution in [0.2, 0.25) is 0 Å². The summed E-state index contributed by atoms with van der Waals surface area (Å²) in [5.41, 5.74) is 1.10. The van der Waals surface area contributed by atoms with E-state index < -0.39 is 23.8 Å². The predicted octanol–water partition coefficient (Wildman–Crippen LogP) is 3.49. The summed E-state index contributed by atoms with van der Waals surface area (Å²) in [7, 11) is 0. The van der Waals surface area contributed by atoms with Crippen LogP contribution in [0.25, 0.3) is 0 Å². The summed E-state index contributed by atoms with van der Waals surface area (Å²) >= 11 is 0. The van der Waals surface area contributed by atoms with E-state index in [2.05, 4.69) is 5.32 Å². The second-order valence-corrected chi connectivity index (χ2v) is 7.20. The minimum atomic E-state index is -1.03. The molecule has 1 amide bonds. The highest BCUT2D eigenvalue weighted by atomic mass is 19.1. The van der Waals surface area contributed by atoms with Crippen molar-refractivity contribution >= 4 is 17.6 Å². The van der Waals surface area contributed by atoms with Gasteiger partial charge in [-0.3, -0.25) is 4.79 Å². The van der Waals surface area contributed by atoms with Gasteiger partial charge in [-0.15, -0.1) is 0 Å². The number of benzene rings is 2. The molecule has 1 N–H and O–H groups in total. The molecular formula is C21H22FNO5. The summed E-state index contributed by atoms with van der Waals surface area (Å²) in [6, 6.07) is 10.8. The van der Waals surface area contributed by atoms with Crippen LogP contribution in [0.5, 0.6) is 11.5 Å². The molecule has 28 heavy (non-hydrogen) atoms. The zero-order valence-corrected chi connectivity index (χ0v) is 16.0. The third kappa shape index (κ3) is 4.79. The van der Waals surface area contributed by atoms with Gasteiger partial charge < -0.3 is 19.5 Å². The third-order valence-electron chi connectivity index (χ3n) is 4.19. The van der Waals surface area contributed by atoms with Crippen LogP contribution < -0.4 is 14.8 Å². The number of halogens is 1. The lowest BCUT2D eigenvalue weighted by Crippen LogP contribution is -2.31. The average molecular weight is 387 g/mol. The number of fused-ring (bicyclic) bond motifs is 1. The first kappa shape index (κ1) is 19.7. The Morgan fingerprint density at radius 2 is 1.93 bits per heavy atom. The van der Waals surface area contributed by atoms with Crippen LogP contribution in [0.15, 0.2) is 42.5 Å². The van der Waals surface area contributed by atoms with Crippen molar-refractivity contribution in [1.82, 2.24) is 0 Å². The fourth-order valence-corrected chi connectivity index (χ4v) is 2.90. The highest BCUT2D eigenvalue weighted by Crippen LogP contribution is 2.41. The number of rotatable bonds is 6. The molecule has 0 spiro atoms. The van der Waals surface area contributed by atoms with E-state index in [1.807, 2.05) is 26.0 Å². The SMILES string of the molecule is C[C@H](OC(=O)COc1cccc2c1OC(C)(C)C2)C(=O)Nc1ccc(F)cc1. The van der Waals surface area contributed by atoms with Crippen LogP contribution in [-0.4, -0.2) is 30.2 Å². The van der Waals surface area contributed by atoms with Crippen molar-refractivity contribution in [2.24, 2.45) is 0 Å². The van der Waals surface area contributed by atoms with E-state index >= 15 is 0 Å². The van der Waals surface area contributed by atoms with Gasteiger partial charge in [0, 0.05) is 17.7 Å². The third-order valence-corrected chi connectivity index (χ3v) is 4.19. The lowest BCUT2D eigenvalue weighted by Gasteiger charge is -2.18. The summed E-state index contributed by atoms with van der Waals surface area (Å²) in [5, 5.41) is 2.55. The maximum atomic E-state index is 12.9. The first-order valence-corrected chi connectivity index (χ1v) is 8.93. The summed E-state index contributed by atoms with van der Waals surface area (Å²) in [6.45, 7) is 5.05. The largest absolute Gasteiger partial charge is 0.483 e. The molecule has 0 saturated carbocycles. The Kier molecular flexibility index (Phi) is 5.53. The predicted molar refractivity (Wildman–Crippen MR) is 101 cm³/mol. The van der Waals surface area contributed by atoms with Crippen LogP contribution in [0.3, 0.4) is 0 Å². The lowest BCUT2D eigenvalue weighted by molar-refractivity contribution is -0.155. The topological polar surface area (TPSA) is 73.9 Å². The molecule has 3 rings (SSSR count). The quantitative estimate of drug-likeness (QED) is 0.768. The summed E-state index contributed by atoms with van der Waals surface area (Å²) in [4.78, 5) is 24.1. The van der Waals surface area contributed by atoms with Gasteiger partial charge >= 0.3 is 5.97 Å². The Morgan fingerprint density at radius 3 is 2.64 bits per heavy atom. The van der Waals surface area contributed by atoms with Gasteiger partial charge in [-0.1, -0.05) is 12.1 Å². The van der Waals surface area contributed by atoms with Gasteiger partial charge in [0.2, 0.25) is 0 Å². The van der Waals surface area contributed by atoms with Gasteiger partial charge in [0.15, 0.2) is 24.2 Å². The Labute approximate surface area is 162 Å². The maximum Gasteiger partial charge on any atom is 0.344 e. The van der Waals surface area contributed by atoms with E-state index in [4.69, 9.17) is 14.2 Å². The molecule has 0 aromatic heterocycles. The maximum absolute atomic E-state index is 12.9. The van der Waals surface area contributed by atoms with Crippen molar-refractivity contribution in [3.05, 3.63) is 53.8 Å². The molecule has 1 aliphatic rings. The van der Waals surface area contributed by atoms with Crippen LogP contribution in [0.4, 0.5) is 10.1 Å². The number of carbonyl (C=O) groups is 2. The Morgan fingerprint density at radius 1 is 1.21 bits per heavy atom. The van der Waals surface area contributed by atoms with E-state index in [1.54, 1.807) is 6.07 Å². The summed E-state index contributed by atoms with van der Waals surface area (Å²) in [6.07, 6.45) is -0.275. The number of nitrogens with one attached hydrogen (secondary N) is 1. The molecule has 0 saturated heterocycles. The second kappa shape index (κ2) is 7.88. The van der Waals surface area contributed by atoms with Crippen molar-refractivity contribution in [3.8, 4) is 11.5 Å². The van der Waals surface area contributed by atoms with Gasteiger partial charge in [-0.05, 0) is 51.1 Å². The fourth-order valence-electron chi connectivity index (χ4n) is 2.90. The molecule has 7 heteroatoms. The zero-order chi connectivity index (χ0) is 20.3. The molecule has 0 radical (unpaired) electrons. The summed E-state index contributed by atoms with van der Waals surface area (Å²) in [5.74, 6) is -0.525. The van der Waals surface area contributed by atoms with Crippen LogP contribution in [0.1, 0.15) is 26.3 Å². The van der Waals surface area contributed by atoms with Gasteiger partial charge in [0.1, 0.15) is 11.4 Å². The molecule has 2 aromatic carbocycles. The monoisotopic (exact) mass is 387 g/mol. The van der Waals surface area contributed by atoms with E-state index in [0.717, 1.165) is 12.0 Å². The van der Waals surface area contributed by atoms with E-state index in [1.165, 1.54) is 31.2 Å². The molecule has 0 unspecified atom stereocenters. The van der Waals surface area contributed by atoms with Crippen molar-refractivity contribution in [2.45, 2.75) is 38.9 Å². The number of amides is 1. The molecule has 148 valence electrons. The summed E-state index contributed by atoms with van der Waals surface area (Å²) < 4.78 is 29.4. The molecule has 2 aromatic rings. The number of hydrogen-bond acceptors (Lipinski definition) is 5. The molecule has 1 aliphatic heterocycles. The van der Waals surface area contributed by atoms with Crippen LogP contribution >= 0.6 is 0 Å². The van der Waals surface area contributed by atoms with Gasteiger partial charge in [-0.2, -0.15) is 0 Å². The first-order chi connectivity index (χ1) is 13.2.